The molecule has 0 saturated carbocycles. The molecule has 2 amide bonds. The first-order valence-corrected chi connectivity index (χ1v) is 10.5. The summed E-state index contributed by atoms with van der Waals surface area (Å²) in [5.74, 6) is -0.309. The topological polar surface area (TPSA) is 76.5 Å². The number of carbonyl (C=O) groups excluding carboxylic acids is 2. The summed E-state index contributed by atoms with van der Waals surface area (Å²) in [6, 6.07) is 12.7. The molecule has 4 rings (SSSR count). The number of aryl methyl sites for hydroxylation is 1. The summed E-state index contributed by atoms with van der Waals surface area (Å²) in [6.07, 6.45) is 5.08. The lowest BCUT2D eigenvalue weighted by Crippen LogP contribution is -2.54. The standard InChI is InChI=1S/C24H22N4O3S/c1-4-31-20-9-7-18(8-10-20)28-23(30)21(22(29)26-24(28)32)13-17-12-15(2)27(16(17)3)19-6-5-11-25-14-19/h5-14H,4H2,1-3H3,(H,26,29,32)/b21-13-. The molecule has 1 fully saturated rings. The molecular formula is C24H22N4O3S. The van der Waals surface area contributed by atoms with E-state index >= 15 is 0 Å². The minimum Gasteiger partial charge on any atom is -0.494 e. The number of carbonyl (C=O) groups is 2. The summed E-state index contributed by atoms with van der Waals surface area (Å²) in [4.78, 5) is 31.4. The van der Waals surface area contributed by atoms with Crippen molar-refractivity contribution in [2.45, 2.75) is 20.8 Å². The molecule has 8 heteroatoms. The molecule has 0 spiro atoms. The van der Waals surface area contributed by atoms with E-state index in [4.69, 9.17) is 17.0 Å². The van der Waals surface area contributed by atoms with Crippen molar-refractivity contribution in [1.29, 1.82) is 0 Å². The molecule has 0 unspecified atom stereocenters. The number of rotatable bonds is 5. The minimum absolute atomic E-state index is 0.0129. The van der Waals surface area contributed by atoms with E-state index in [9.17, 15) is 9.59 Å². The Bertz CT molecular complexity index is 1230. The van der Waals surface area contributed by atoms with Crippen LogP contribution in [-0.2, 0) is 9.59 Å². The normalized spacial score (nSPS) is 15.3. The lowest BCUT2D eigenvalue weighted by molar-refractivity contribution is -0.122. The number of nitrogens with zero attached hydrogens (tertiary/aromatic N) is 3. The Hall–Kier alpha value is -3.78. The van der Waals surface area contributed by atoms with Gasteiger partial charge in [-0.05, 0) is 87.1 Å². The monoisotopic (exact) mass is 446 g/mol. The van der Waals surface area contributed by atoms with Crippen LogP contribution in [0.5, 0.6) is 5.75 Å². The maximum Gasteiger partial charge on any atom is 0.270 e. The van der Waals surface area contributed by atoms with Crippen molar-refractivity contribution in [3.63, 3.8) is 0 Å². The molecule has 0 atom stereocenters. The van der Waals surface area contributed by atoms with Gasteiger partial charge in [0, 0.05) is 17.6 Å². The van der Waals surface area contributed by atoms with Gasteiger partial charge >= 0.3 is 0 Å². The number of aromatic nitrogens is 2. The number of hydrogen-bond donors (Lipinski definition) is 1. The van der Waals surface area contributed by atoms with Crippen LogP contribution in [0.4, 0.5) is 5.69 Å². The molecule has 3 heterocycles. The Balaban J connectivity index is 1.71. The van der Waals surface area contributed by atoms with Crippen LogP contribution in [-0.4, -0.2) is 33.1 Å². The number of nitrogens with one attached hydrogen (secondary N) is 1. The molecule has 0 aliphatic carbocycles. The highest BCUT2D eigenvalue weighted by atomic mass is 32.1. The molecule has 32 heavy (non-hydrogen) atoms. The summed E-state index contributed by atoms with van der Waals surface area (Å²) < 4.78 is 7.49. The van der Waals surface area contributed by atoms with Gasteiger partial charge in [0.15, 0.2) is 5.11 Å². The van der Waals surface area contributed by atoms with E-state index in [1.165, 1.54) is 4.90 Å². The van der Waals surface area contributed by atoms with Crippen LogP contribution < -0.4 is 15.0 Å². The average Bonchev–Trinajstić information content (AvgIpc) is 3.06. The number of anilines is 1. The van der Waals surface area contributed by atoms with Crippen LogP contribution in [0.25, 0.3) is 11.8 Å². The molecule has 1 aromatic carbocycles. The average molecular weight is 447 g/mol. The fraction of sp³-hybridized carbons (Fsp3) is 0.167. The van der Waals surface area contributed by atoms with E-state index in [1.54, 1.807) is 42.7 Å². The number of ether oxygens (including phenoxy) is 1. The first kappa shape index (κ1) is 21.5. The Morgan fingerprint density at radius 3 is 2.53 bits per heavy atom. The van der Waals surface area contributed by atoms with Crippen molar-refractivity contribution >= 4 is 40.9 Å². The second-order valence-electron chi connectivity index (χ2n) is 7.26. The third-order valence-electron chi connectivity index (χ3n) is 5.18. The number of pyridine rings is 1. The van der Waals surface area contributed by atoms with Crippen LogP contribution in [0.2, 0.25) is 0 Å². The highest BCUT2D eigenvalue weighted by Crippen LogP contribution is 2.27. The van der Waals surface area contributed by atoms with Gasteiger partial charge in [0.25, 0.3) is 11.8 Å². The lowest BCUT2D eigenvalue weighted by Gasteiger charge is -2.29. The molecule has 162 valence electrons. The molecule has 3 aromatic rings. The fourth-order valence-electron chi connectivity index (χ4n) is 3.72. The van der Waals surface area contributed by atoms with Gasteiger partial charge in [-0.15, -0.1) is 0 Å². The van der Waals surface area contributed by atoms with E-state index in [0.29, 0.717) is 18.0 Å². The van der Waals surface area contributed by atoms with Gasteiger partial charge in [-0.25, -0.2) is 0 Å². The summed E-state index contributed by atoms with van der Waals surface area (Å²) >= 11 is 5.28. The zero-order chi connectivity index (χ0) is 22.8. The van der Waals surface area contributed by atoms with Gasteiger partial charge < -0.3 is 9.30 Å². The van der Waals surface area contributed by atoms with Crippen molar-refractivity contribution in [1.82, 2.24) is 14.9 Å². The molecule has 0 radical (unpaired) electrons. The number of thiocarbonyl (C=S) groups is 1. The zero-order valence-electron chi connectivity index (χ0n) is 18.0. The number of benzene rings is 1. The molecule has 0 bridgehead atoms. The van der Waals surface area contributed by atoms with Crippen molar-refractivity contribution in [3.05, 3.63) is 77.4 Å². The van der Waals surface area contributed by atoms with E-state index in [2.05, 4.69) is 10.3 Å². The van der Waals surface area contributed by atoms with Gasteiger partial charge in [0.1, 0.15) is 11.3 Å². The van der Waals surface area contributed by atoms with Crippen LogP contribution in [0.3, 0.4) is 0 Å². The molecule has 1 saturated heterocycles. The lowest BCUT2D eigenvalue weighted by atomic mass is 10.1. The van der Waals surface area contributed by atoms with Crippen molar-refractivity contribution in [2.24, 2.45) is 0 Å². The van der Waals surface area contributed by atoms with Crippen LogP contribution in [0, 0.1) is 13.8 Å². The van der Waals surface area contributed by atoms with Gasteiger partial charge in [-0.3, -0.25) is 24.8 Å². The van der Waals surface area contributed by atoms with Crippen molar-refractivity contribution in [2.75, 3.05) is 11.5 Å². The van der Waals surface area contributed by atoms with Gasteiger partial charge in [0.05, 0.1) is 24.2 Å². The Morgan fingerprint density at radius 1 is 1.12 bits per heavy atom. The molecule has 7 nitrogen and oxygen atoms in total. The fourth-order valence-corrected chi connectivity index (χ4v) is 4.00. The molecular weight excluding hydrogens is 424 g/mol. The molecule has 1 aliphatic rings. The van der Waals surface area contributed by atoms with Gasteiger partial charge in [-0.2, -0.15) is 0 Å². The first-order chi connectivity index (χ1) is 15.4. The van der Waals surface area contributed by atoms with E-state index < -0.39 is 11.8 Å². The third kappa shape index (κ3) is 3.92. The summed E-state index contributed by atoms with van der Waals surface area (Å²) in [5, 5.41) is 2.67. The number of amides is 2. The highest BCUT2D eigenvalue weighted by Gasteiger charge is 2.34. The molecule has 2 aromatic heterocycles. The van der Waals surface area contributed by atoms with E-state index in [-0.39, 0.29) is 10.7 Å². The Kier molecular flexibility index (Phi) is 5.87. The predicted octanol–water partition coefficient (Wildman–Crippen LogP) is 3.72. The van der Waals surface area contributed by atoms with Crippen molar-refractivity contribution < 1.29 is 14.3 Å². The minimum atomic E-state index is -0.520. The highest BCUT2D eigenvalue weighted by molar-refractivity contribution is 7.80. The van der Waals surface area contributed by atoms with Crippen LogP contribution in [0.15, 0.2) is 60.4 Å². The SMILES string of the molecule is CCOc1ccc(N2C(=O)/C(=C\c3cc(C)n(-c4cccnc4)c3C)C(=O)NC2=S)cc1. The molecule has 1 aliphatic heterocycles. The zero-order valence-corrected chi connectivity index (χ0v) is 18.8. The second kappa shape index (κ2) is 8.76. The third-order valence-corrected chi connectivity index (χ3v) is 5.47. The predicted molar refractivity (Wildman–Crippen MR) is 127 cm³/mol. The first-order valence-electron chi connectivity index (χ1n) is 10.1. The molecule has 1 N–H and O–H groups in total. The smallest absolute Gasteiger partial charge is 0.270 e. The summed E-state index contributed by atoms with van der Waals surface area (Å²) in [6.45, 7) is 6.34. The number of hydrogen-bond acceptors (Lipinski definition) is 5. The quantitative estimate of drug-likeness (QED) is 0.367. The second-order valence-corrected chi connectivity index (χ2v) is 7.64. The van der Waals surface area contributed by atoms with Crippen molar-refractivity contribution in [3.8, 4) is 11.4 Å². The Labute approximate surface area is 191 Å². The Morgan fingerprint density at radius 2 is 1.88 bits per heavy atom. The van der Waals surface area contributed by atoms with Crippen LogP contribution in [0.1, 0.15) is 23.9 Å². The van der Waals surface area contributed by atoms with E-state index in [1.807, 2.05) is 43.5 Å². The maximum atomic E-state index is 13.3. The van der Waals surface area contributed by atoms with E-state index in [0.717, 1.165) is 22.6 Å². The van der Waals surface area contributed by atoms with Gasteiger partial charge in [-0.1, -0.05) is 0 Å². The van der Waals surface area contributed by atoms with Gasteiger partial charge in [0.2, 0.25) is 0 Å². The largest absolute Gasteiger partial charge is 0.494 e. The summed E-state index contributed by atoms with van der Waals surface area (Å²) in [5.41, 5.74) is 4.09. The maximum absolute atomic E-state index is 13.3. The van der Waals surface area contributed by atoms with Crippen LogP contribution >= 0.6 is 12.2 Å². The summed E-state index contributed by atoms with van der Waals surface area (Å²) in [7, 11) is 0.